The van der Waals surface area contributed by atoms with Crippen molar-refractivity contribution in [1.29, 1.82) is 0 Å². The van der Waals surface area contributed by atoms with Gasteiger partial charge in [-0.15, -0.1) is 9.24 Å². The smallest absolute Gasteiger partial charge is 0.208 e. The molecule has 2 atom stereocenters. The van der Waals surface area contributed by atoms with Crippen LogP contribution in [0.5, 0.6) is 0 Å². The first-order chi connectivity index (χ1) is 10.1. The van der Waals surface area contributed by atoms with E-state index in [-0.39, 0.29) is 6.04 Å². The molecule has 3 nitrogen and oxygen atoms in total. The molecule has 0 fully saturated rings. The van der Waals surface area contributed by atoms with E-state index in [0.29, 0.717) is 11.3 Å². The molecule has 0 radical (unpaired) electrons. The maximum Gasteiger partial charge on any atom is 0.240 e. The lowest BCUT2D eigenvalue weighted by Crippen LogP contribution is -2.36. The lowest BCUT2D eigenvalue weighted by Gasteiger charge is -2.18. The van der Waals surface area contributed by atoms with Crippen molar-refractivity contribution in [2.24, 2.45) is 0 Å². The van der Waals surface area contributed by atoms with E-state index in [1.807, 2.05) is 36.4 Å². The normalized spacial score (nSPS) is 13.0. The van der Waals surface area contributed by atoms with Gasteiger partial charge in [-0.25, -0.2) is 13.1 Å². The van der Waals surface area contributed by atoms with Crippen LogP contribution in [0.4, 0.5) is 0 Å². The average molecular weight is 321 g/mol. The Kier molecular flexibility index (Phi) is 5.92. The van der Waals surface area contributed by atoms with E-state index in [4.69, 9.17) is 0 Å². The summed E-state index contributed by atoms with van der Waals surface area (Å²) in [5.41, 5.74) is 1.14. The van der Waals surface area contributed by atoms with Gasteiger partial charge < -0.3 is 0 Å². The number of hydrogen-bond donors (Lipinski definition) is 1. The molecule has 0 aromatic heterocycles. The minimum Gasteiger partial charge on any atom is -0.208 e. The second-order valence-electron chi connectivity index (χ2n) is 4.90. The molecule has 1 N–H and O–H groups in total. The van der Waals surface area contributed by atoms with Crippen LogP contribution < -0.4 is 4.72 Å². The van der Waals surface area contributed by atoms with Gasteiger partial charge in [0.05, 0.1) is 4.90 Å². The number of rotatable bonds is 7. The van der Waals surface area contributed by atoms with Crippen LogP contribution in [0.2, 0.25) is 0 Å². The van der Waals surface area contributed by atoms with Crippen LogP contribution >= 0.6 is 9.24 Å². The summed E-state index contributed by atoms with van der Waals surface area (Å²) in [6.45, 7) is 0. The molecular weight excluding hydrogens is 301 g/mol. The minimum absolute atomic E-state index is 0.102. The molecule has 2 aromatic carbocycles. The largest absolute Gasteiger partial charge is 0.240 e. The van der Waals surface area contributed by atoms with Crippen LogP contribution in [0, 0.1) is 0 Å². The maximum atomic E-state index is 12.4. The van der Waals surface area contributed by atoms with E-state index in [9.17, 15) is 8.42 Å². The van der Waals surface area contributed by atoms with E-state index < -0.39 is 10.0 Å². The first-order valence-electron chi connectivity index (χ1n) is 6.93. The zero-order valence-electron chi connectivity index (χ0n) is 11.8. The molecule has 2 unspecified atom stereocenters. The zero-order valence-corrected chi connectivity index (χ0v) is 13.7. The molecular formula is C16H20NO2PS. The van der Waals surface area contributed by atoms with Gasteiger partial charge >= 0.3 is 0 Å². The van der Waals surface area contributed by atoms with Gasteiger partial charge in [-0.05, 0) is 36.7 Å². The molecule has 5 heteroatoms. The third-order valence-corrected chi connectivity index (χ3v) is 5.09. The fourth-order valence-electron chi connectivity index (χ4n) is 2.19. The second kappa shape index (κ2) is 7.69. The summed E-state index contributed by atoms with van der Waals surface area (Å²) in [6, 6.07) is 18.3. The number of benzene rings is 2. The first-order valence-corrected chi connectivity index (χ1v) is 9.23. The molecule has 0 saturated heterocycles. The highest BCUT2D eigenvalue weighted by molar-refractivity contribution is 7.89. The van der Waals surface area contributed by atoms with E-state index in [1.165, 1.54) is 0 Å². The van der Waals surface area contributed by atoms with E-state index >= 15 is 0 Å². The number of hydrogen-bond acceptors (Lipinski definition) is 2. The molecule has 21 heavy (non-hydrogen) atoms. The van der Waals surface area contributed by atoms with Crippen molar-refractivity contribution in [2.45, 2.75) is 23.8 Å². The van der Waals surface area contributed by atoms with Gasteiger partial charge in [0, 0.05) is 6.04 Å². The fraction of sp³-hybridized carbons (Fsp3) is 0.250. The lowest BCUT2D eigenvalue weighted by atomic mass is 10.1. The van der Waals surface area contributed by atoms with Crippen molar-refractivity contribution in [1.82, 2.24) is 4.72 Å². The molecule has 0 amide bonds. The summed E-state index contributed by atoms with van der Waals surface area (Å²) in [5.74, 6) is 0. The van der Waals surface area contributed by atoms with Gasteiger partial charge in [-0.2, -0.15) is 0 Å². The highest BCUT2D eigenvalue weighted by atomic mass is 32.2. The summed E-state index contributed by atoms with van der Waals surface area (Å²) in [7, 11) is -0.807. The summed E-state index contributed by atoms with van der Waals surface area (Å²) < 4.78 is 27.6. The molecule has 0 saturated carbocycles. The first kappa shape index (κ1) is 16.2. The predicted molar refractivity (Wildman–Crippen MR) is 89.9 cm³/mol. The Morgan fingerprint density at radius 3 is 2.10 bits per heavy atom. The Bertz CT molecular complexity index is 644. The van der Waals surface area contributed by atoms with Crippen molar-refractivity contribution in [3.05, 3.63) is 66.2 Å². The summed E-state index contributed by atoms with van der Waals surface area (Å²) in [6.07, 6.45) is 2.34. The average Bonchev–Trinajstić information content (AvgIpc) is 2.49. The predicted octanol–water partition coefficient (Wildman–Crippen LogP) is 2.84. The van der Waals surface area contributed by atoms with Crippen LogP contribution in [-0.4, -0.2) is 20.6 Å². The van der Waals surface area contributed by atoms with Gasteiger partial charge in [-0.3, -0.25) is 0 Å². The molecule has 0 heterocycles. The van der Waals surface area contributed by atoms with E-state index in [1.54, 1.807) is 24.3 Å². The molecule has 0 aliphatic rings. The van der Waals surface area contributed by atoms with Crippen molar-refractivity contribution in [3.8, 4) is 0 Å². The van der Waals surface area contributed by atoms with Gasteiger partial charge in [0.2, 0.25) is 10.0 Å². The van der Waals surface area contributed by atoms with Crippen LogP contribution in [0.15, 0.2) is 65.6 Å². The van der Waals surface area contributed by atoms with Crippen molar-refractivity contribution >= 4 is 19.3 Å². The standard InChI is InChI=1S/C16H20NO2PS/c18-21(19,16-9-5-2-6-10-16)17-15(11-12-20)13-14-7-3-1-4-8-14/h1-10,15,17H,11-13,20H2. The van der Waals surface area contributed by atoms with Gasteiger partial charge in [0.25, 0.3) is 0 Å². The molecule has 0 aliphatic carbocycles. The van der Waals surface area contributed by atoms with Gasteiger partial charge in [0.15, 0.2) is 0 Å². The molecule has 0 spiro atoms. The van der Waals surface area contributed by atoms with Crippen molar-refractivity contribution < 1.29 is 8.42 Å². The molecule has 0 bridgehead atoms. The van der Waals surface area contributed by atoms with E-state index in [2.05, 4.69) is 14.0 Å². The molecule has 2 aromatic rings. The van der Waals surface area contributed by atoms with Crippen LogP contribution in [0.3, 0.4) is 0 Å². The lowest BCUT2D eigenvalue weighted by molar-refractivity contribution is 0.539. The third-order valence-electron chi connectivity index (χ3n) is 3.22. The minimum atomic E-state index is -3.46. The third kappa shape index (κ3) is 4.92. The SMILES string of the molecule is O=S(=O)(NC(CCP)Cc1ccccc1)c1ccccc1. The molecule has 2 rings (SSSR count). The number of sulfonamides is 1. The fourth-order valence-corrected chi connectivity index (χ4v) is 3.88. The highest BCUT2D eigenvalue weighted by Gasteiger charge is 2.19. The van der Waals surface area contributed by atoms with Crippen LogP contribution in [0.25, 0.3) is 0 Å². The Morgan fingerprint density at radius 1 is 0.952 bits per heavy atom. The van der Waals surface area contributed by atoms with Crippen LogP contribution in [-0.2, 0) is 16.4 Å². The monoisotopic (exact) mass is 321 g/mol. The Hall–Kier alpha value is -1.22. The molecule has 0 aliphatic heterocycles. The Morgan fingerprint density at radius 2 is 1.52 bits per heavy atom. The van der Waals surface area contributed by atoms with Crippen molar-refractivity contribution in [2.75, 3.05) is 6.16 Å². The Labute approximate surface area is 129 Å². The van der Waals surface area contributed by atoms with E-state index in [0.717, 1.165) is 18.1 Å². The van der Waals surface area contributed by atoms with Gasteiger partial charge in [0.1, 0.15) is 0 Å². The topological polar surface area (TPSA) is 46.2 Å². The number of nitrogens with one attached hydrogen (secondary N) is 1. The maximum absolute atomic E-state index is 12.4. The van der Waals surface area contributed by atoms with Crippen molar-refractivity contribution in [3.63, 3.8) is 0 Å². The zero-order chi connectivity index (χ0) is 15.1. The summed E-state index contributed by atoms with van der Waals surface area (Å²) in [5, 5.41) is 0. The highest BCUT2D eigenvalue weighted by Crippen LogP contribution is 2.13. The Balaban J connectivity index is 2.12. The quantitative estimate of drug-likeness (QED) is 0.797. The van der Waals surface area contributed by atoms with Gasteiger partial charge in [-0.1, -0.05) is 48.5 Å². The summed E-state index contributed by atoms with van der Waals surface area (Å²) >= 11 is 0. The van der Waals surface area contributed by atoms with Crippen LogP contribution in [0.1, 0.15) is 12.0 Å². The summed E-state index contributed by atoms with van der Waals surface area (Å²) in [4.78, 5) is 0.312. The molecule has 112 valence electrons. The second-order valence-corrected chi connectivity index (χ2v) is 7.19.